The number of benzene rings is 2. The zero-order valence-electron chi connectivity index (χ0n) is 18.6. The van der Waals surface area contributed by atoms with E-state index in [-0.39, 0.29) is 11.7 Å². The maximum Gasteiger partial charge on any atom is 0.354 e. The number of pyridine rings is 1. The van der Waals surface area contributed by atoms with Crippen LogP contribution in [-0.2, 0) is 10.3 Å². The zero-order chi connectivity index (χ0) is 23.9. The molecule has 1 atom stereocenters. The molecule has 0 radical (unpaired) electrons. The Labute approximate surface area is 194 Å². The first-order valence-corrected chi connectivity index (χ1v) is 10.8. The second-order valence-electron chi connectivity index (χ2n) is 8.25. The van der Waals surface area contributed by atoms with E-state index < -0.39 is 11.5 Å². The number of ether oxygens (including phenoxy) is 2. The Morgan fingerprint density at radius 2 is 2.03 bits per heavy atom. The number of carbonyl (C=O) groups excluding carboxylic acids is 2. The summed E-state index contributed by atoms with van der Waals surface area (Å²) in [5.41, 5.74) is 1.83. The molecule has 7 nitrogen and oxygen atoms in total. The summed E-state index contributed by atoms with van der Waals surface area (Å²) >= 11 is 0. The number of H-pyrrole nitrogens is 1. The third-order valence-corrected chi connectivity index (χ3v) is 6.19. The molecule has 0 unspecified atom stereocenters. The van der Waals surface area contributed by atoms with Crippen LogP contribution in [0, 0.1) is 12.7 Å². The van der Waals surface area contributed by atoms with Crippen molar-refractivity contribution in [2.75, 3.05) is 13.7 Å². The largest absolute Gasteiger partial charge is 0.491 e. The van der Waals surface area contributed by atoms with Gasteiger partial charge in [-0.3, -0.25) is 9.78 Å². The van der Waals surface area contributed by atoms with Crippen LogP contribution in [0.1, 0.15) is 44.1 Å². The maximum absolute atomic E-state index is 14.6. The van der Waals surface area contributed by atoms with Crippen molar-refractivity contribution in [1.82, 2.24) is 15.3 Å². The summed E-state index contributed by atoms with van der Waals surface area (Å²) in [5.74, 6) is -0.682. The van der Waals surface area contributed by atoms with Crippen LogP contribution in [0.4, 0.5) is 4.39 Å². The van der Waals surface area contributed by atoms with Crippen LogP contribution in [0.15, 0.2) is 60.8 Å². The lowest BCUT2D eigenvalue weighted by Gasteiger charge is -2.39. The topological polar surface area (TPSA) is 93.3 Å². The Hall–Kier alpha value is -4.20. The van der Waals surface area contributed by atoms with E-state index >= 15 is 0 Å². The van der Waals surface area contributed by atoms with Crippen molar-refractivity contribution < 1.29 is 23.5 Å². The number of hydrogen-bond acceptors (Lipinski definition) is 5. The molecule has 4 aromatic rings. The number of aryl methyl sites for hydroxylation is 1. The fraction of sp³-hybridized carbons (Fsp3) is 0.192. The molecule has 0 fully saturated rings. The Bertz CT molecular complexity index is 1430. The Kier molecular flexibility index (Phi) is 5.28. The number of fused-ring (bicyclic) bond motifs is 2. The smallest absolute Gasteiger partial charge is 0.354 e. The monoisotopic (exact) mass is 459 g/mol. The summed E-state index contributed by atoms with van der Waals surface area (Å²) in [4.78, 5) is 32.9. The van der Waals surface area contributed by atoms with Gasteiger partial charge in [-0.05, 0) is 54.4 Å². The standard InChI is InChI=1S/C26H22FN3O4/c1-15-5-8-18(14-19(15)27)26(9-11-34-22-4-3-10-28-23(22)26)30-24(31)17-7-6-16-12-21(25(32)33-2)29-20(16)13-17/h3-8,10,12-14,29H,9,11H2,1-2H3,(H,30,31)/t26-/m0/s1. The fourth-order valence-corrected chi connectivity index (χ4v) is 4.35. The lowest BCUT2D eigenvalue weighted by Crippen LogP contribution is -2.50. The Morgan fingerprint density at radius 1 is 1.18 bits per heavy atom. The number of esters is 1. The SMILES string of the molecule is COC(=O)c1cc2ccc(C(=O)N[C@]3(c4ccc(C)c(F)c4)CCOc4cccnc43)cc2[nH]1. The normalized spacial score (nSPS) is 17.0. The molecule has 1 aliphatic rings. The van der Waals surface area contributed by atoms with Crippen molar-refractivity contribution in [3.8, 4) is 5.75 Å². The van der Waals surface area contributed by atoms with Gasteiger partial charge in [0.1, 0.15) is 28.5 Å². The molecule has 2 aromatic carbocycles. The van der Waals surface area contributed by atoms with Crippen molar-refractivity contribution in [3.05, 3.63) is 94.7 Å². The molecule has 2 N–H and O–H groups in total. The molecule has 0 saturated heterocycles. The number of hydrogen-bond donors (Lipinski definition) is 2. The molecular weight excluding hydrogens is 437 g/mol. The molecule has 0 aliphatic carbocycles. The highest BCUT2D eigenvalue weighted by molar-refractivity contribution is 6.00. The Balaban J connectivity index is 1.58. The summed E-state index contributed by atoms with van der Waals surface area (Å²) in [6.07, 6.45) is 2.00. The second kappa shape index (κ2) is 8.30. The van der Waals surface area contributed by atoms with Crippen LogP contribution in [0.5, 0.6) is 5.75 Å². The molecule has 0 bridgehead atoms. The number of halogens is 1. The van der Waals surface area contributed by atoms with E-state index in [1.165, 1.54) is 13.2 Å². The molecule has 0 saturated carbocycles. The predicted octanol–water partition coefficient (Wildman–Crippen LogP) is 4.25. The van der Waals surface area contributed by atoms with Crippen LogP contribution in [0.2, 0.25) is 0 Å². The zero-order valence-corrected chi connectivity index (χ0v) is 18.6. The first-order valence-electron chi connectivity index (χ1n) is 10.8. The molecule has 3 heterocycles. The quantitative estimate of drug-likeness (QED) is 0.445. The summed E-state index contributed by atoms with van der Waals surface area (Å²) in [7, 11) is 1.31. The molecule has 0 spiro atoms. The van der Waals surface area contributed by atoms with Crippen LogP contribution in [0.3, 0.4) is 0 Å². The number of carbonyl (C=O) groups is 2. The van der Waals surface area contributed by atoms with Gasteiger partial charge in [-0.2, -0.15) is 0 Å². The number of nitrogens with zero attached hydrogens (tertiary/aromatic N) is 1. The minimum absolute atomic E-state index is 0.296. The van der Waals surface area contributed by atoms with Gasteiger partial charge in [0.25, 0.3) is 5.91 Å². The first-order chi connectivity index (χ1) is 16.4. The minimum atomic E-state index is -1.08. The number of aromatic nitrogens is 2. The van der Waals surface area contributed by atoms with Gasteiger partial charge in [-0.15, -0.1) is 0 Å². The van der Waals surface area contributed by atoms with Gasteiger partial charge in [-0.25, -0.2) is 9.18 Å². The molecular formula is C26H22FN3O4. The first kappa shape index (κ1) is 21.6. The highest BCUT2D eigenvalue weighted by Gasteiger charge is 2.43. The van der Waals surface area contributed by atoms with E-state index in [0.717, 1.165) is 5.39 Å². The van der Waals surface area contributed by atoms with Crippen molar-refractivity contribution in [2.24, 2.45) is 0 Å². The number of nitrogens with one attached hydrogen (secondary N) is 2. The predicted molar refractivity (Wildman–Crippen MR) is 123 cm³/mol. The van der Waals surface area contributed by atoms with Crippen molar-refractivity contribution >= 4 is 22.8 Å². The van der Waals surface area contributed by atoms with E-state index in [4.69, 9.17) is 9.47 Å². The van der Waals surface area contributed by atoms with E-state index in [9.17, 15) is 14.0 Å². The number of amides is 1. The van der Waals surface area contributed by atoms with Gasteiger partial charge in [0.05, 0.1) is 13.7 Å². The highest BCUT2D eigenvalue weighted by Crippen LogP contribution is 2.41. The van der Waals surface area contributed by atoms with Gasteiger partial charge >= 0.3 is 5.97 Å². The molecule has 5 rings (SSSR count). The highest BCUT2D eigenvalue weighted by atomic mass is 19.1. The molecule has 2 aromatic heterocycles. The number of rotatable bonds is 4. The number of aromatic amines is 1. The van der Waals surface area contributed by atoms with Crippen LogP contribution in [-0.4, -0.2) is 35.6 Å². The maximum atomic E-state index is 14.6. The molecule has 1 amide bonds. The molecule has 34 heavy (non-hydrogen) atoms. The average Bonchev–Trinajstić information content (AvgIpc) is 3.29. The van der Waals surface area contributed by atoms with Crippen molar-refractivity contribution in [1.29, 1.82) is 0 Å². The van der Waals surface area contributed by atoms with Crippen LogP contribution < -0.4 is 10.1 Å². The molecule has 8 heteroatoms. The van der Waals surface area contributed by atoms with Gasteiger partial charge in [0.2, 0.25) is 0 Å². The van der Waals surface area contributed by atoms with E-state index in [1.807, 2.05) is 0 Å². The van der Waals surface area contributed by atoms with E-state index in [1.54, 1.807) is 61.7 Å². The van der Waals surface area contributed by atoms with Gasteiger partial charge in [-0.1, -0.05) is 18.2 Å². The third-order valence-electron chi connectivity index (χ3n) is 6.19. The second-order valence-corrected chi connectivity index (χ2v) is 8.25. The number of methoxy groups -OCH3 is 1. The lowest BCUT2D eigenvalue weighted by atomic mass is 9.80. The third kappa shape index (κ3) is 3.57. The summed E-state index contributed by atoms with van der Waals surface area (Å²) in [5, 5.41) is 3.89. The minimum Gasteiger partial charge on any atom is -0.491 e. The van der Waals surface area contributed by atoms with Gasteiger partial charge < -0.3 is 19.8 Å². The Morgan fingerprint density at radius 3 is 2.82 bits per heavy atom. The summed E-state index contributed by atoms with van der Waals surface area (Å²) in [6.45, 7) is 2.02. The fourth-order valence-electron chi connectivity index (χ4n) is 4.35. The van der Waals surface area contributed by atoms with Crippen molar-refractivity contribution in [2.45, 2.75) is 18.9 Å². The average molecular weight is 459 g/mol. The van der Waals surface area contributed by atoms with E-state index in [2.05, 4.69) is 15.3 Å². The van der Waals surface area contributed by atoms with Crippen LogP contribution >= 0.6 is 0 Å². The molecule has 1 aliphatic heterocycles. The van der Waals surface area contributed by atoms with Crippen LogP contribution in [0.25, 0.3) is 10.9 Å². The van der Waals surface area contributed by atoms with Gasteiger partial charge in [0.15, 0.2) is 0 Å². The van der Waals surface area contributed by atoms with E-state index in [0.29, 0.717) is 52.4 Å². The summed E-state index contributed by atoms with van der Waals surface area (Å²) in [6, 6.07) is 15.2. The molecule has 172 valence electrons. The summed E-state index contributed by atoms with van der Waals surface area (Å²) < 4.78 is 25.1. The van der Waals surface area contributed by atoms with Gasteiger partial charge in [0, 0.05) is 29.1 Å². The van der Waals surface area contributed by atoms with Crippen molar-refractivity contribution in [3.63, 3.8) is 0 Å². The lowest BCUT2D eigenvalue weighted by molar-refractivity contribution is 0.0595.